The van der Waals surface area contributed by atoms with Gasteiger partial charge in [-0.15, -0.1) is 0 Å². The van der Waals surface area contributed by atoms with Gasteiger partial charge in [-0.25, -0.2) is 14.2 Å². The molecule has 0 fully saturated rings. The van der Waals surface area contributed by atoms with Gasteiger partial charge in [0.05, 0.1) is 16.6 Å². The average molecular weight is 453 g/mol. The molecule has 0 saturated heterocycles. The number of nitrogens with one attached hydrogen (secondary N) is 2. The van der Waals surface area contributed by atoms with Crippen molar-refractivity contribution in [1.29, 1.82) is 0 Å². The maximum absolute atomic E-state index is 13.9. The van der Waals surface area contributed by atoms with E-state index in [0.717, 1.165) is 16.5 Å². The third-order valence-electron chi connectivity index (χ3n) is 5.38. The molecular weight excluding hydrogens is 433 g/mol. The van der Waals surface area contributed by atoms with Gasteiger partial charge < -0.3 is 5.32 Å². The van der Waals surface area contributed by atoms with Crippen molar-refractivity contribution in [2.45, 2.75) is 13.8 Å². The van der Waals surface area contributed by atoms with Crippen LogP contribution in [0.1, 0.15) is 24.3 Å². The van der Waals surface area contributed by atoms with Gasteiger partial charge in [-0.05, 0) is 50.2 Å². The SMILES string of the molecule is CC(C)=Cn1nc(C(=O)Nc2ccc(-c3n[nH]c(=O)c4ccccc34)cc2)c2cc(F)ccc21. The number of anilines is 1. The lowest BCUT2D eigenvalue weighted by Gasteiger charge is -2.07. The summed E-state index contributed by atoms with van der Waals surface area (Å²) in [6, 6.07) is 18.6. The van der Waals surface area contributed by atoms with Crippen LogP contribution in [0.4, 0.5) is 10.1 Å². The highest BCUT2D eigenvalue weighted by Crippen LogP contribution is 2.26. The monoisotopic (exact) mass is 453 g/mol. The van der Waals surface area contributed by atoms with Gasteiger partial charge in [-0.3, -0.25) is 9.59 Å². The molecule has 0 aliphatic heterocycles. The van der Waals surface area contributed by atoms with Gasteiger partial charge in [0.25, 0.3) is 11.5 Å². The van der Waals surface area contributed by atoms with Crippen LogP contribution in [-0.4, -0.2) is 25.9 Å². The van der Waals surface area contributed by atoms with Crippen LogP contribution in [0.2, 0.25) is 0 Å². The third-order valence-corrected chi connectivity index (χ3v) is 5.38. The number of halogens is 1. The Morgan fingerprint density at radius 2 is 1.74 bits per heavy atom. The summed E-state index contributed by atoms with van der Waals surface area (Å²) in [5.41, 5.74) is 3.47. The molecule has 0 saturated carbocycles. The number of aromatic amines is 1. The van der Waals surface area contributed by atoms with E-state index < -0.39 is 11.7 Å². The van der Waals surface area contributed by atoms with Gasteiger partial charge in [0.2, 0.25) is 0 Å². The lowest BCUT2D eigenvalue weighted by Crippen LogP contribution is -2.13. The highest BCUT2D eigenvalue weighted by molar-refractivity contribution is 6.11. The molecule has 8 heteroatoms. The molecule has 34 heavy (non-hydrogen) atoms. The van der Waals surface area contributed by atoms with E-state index in [9.17, 15) is 14.0 Å². The second-order valence-electron chi connectivity index (χ2n) is 8.14. The van der Waals surface area contributed by atoms with Crippen molar-refractivity contribution >= 4 is 39.5 Å². The van der Waals surface area contributed by atoms with E-state index in [1.54, 1.807) is 41.2 Å². The fraction of sp³-hybridized carbons (Fsp3) is 0.0769. The third kappa shape index (κ3) is 3.86. The maximum Gasteiger partial charge on any atom is 0.276 e. The number of aromatic nitrogens is 4. The molecule has 168 valence electrons. The van der Waals surface area contributed by atoms with E-state index >= 15 is 0 Å². The number of rotatable bonds is 4. The smallest absolute Gasteiger partial charge is 0.276 e. The Bertz CT molecular complexity index is 1640. The Hall–Kier alpha value is -4.59. The summed E-state index contributed by atoms with van der Waals surface area (Å²) in [7, 11) is 0. The van der Waals surface area contributed by atoms with Gasteiger partial charge in [-0.2, -0.15) is 10.2 Å². The highest BCUT2D eigenvalue weighted by Gasteiger charge is 2.18. The number of hydrogen-bond acceptors (Lipinski definition) is 4. The number of allylic oxidation sites excluding steroid dienone is 1. The van der Waals surface area contributed by atoms with Gasteiger partial charge in [-0.1, -0.05) is 35.9 Å². The Morgan fingerprint density at radius 3 is 2.47 bits per heavy atom. The van der Waals surface area contributed by atoms with E-state index in [4.69, 9.17) is 0 Å². The predicted molar refractivity (Wildman–Crippen MR) is 131 cm³/mol. The van der Waals surface area contributed by atoms with E-state index in [1.807, 2.05) is 38.1 Å². The van der Waals surface area contributed by atoms with Crippen LogP contribution >= 0.6 is 0 Å². The van der Waals surface area contributed by atoms with Crippen LogP contribution in [0, 0.1) is 5.82 Å². The minimum Gasteiger partial charge on any atom is -0.321 e. The molecule has 2 N–H and O–H groups in total. The molecule has 7 nitrogen and oxygen atoms in total. The minimum atomic E-state index is -0.447. The Morgan fingerprint density at radius 1 is 1.00 bits per heavy atom. The first-order chi connectivity index (χ1) is 16.4. The van der Waals surface area contributed by atoms with Crippen LogP contribution in [0.3, 0.4) is 0 Å². The number of nitrogens with zero attached hydrogens (tertiary/aromatic N) is 3. The van der Waals surface area contributed by atoms with Gasteiger partial charge in [0, 0.05) is 28.2 Å². The molecule has 3 aromatic carbocycles. The number of amides is 1. The topological polar surface area (TPSA) is 92.7 Å². The van der Waals surface area contributed by atoms with E-state index in [2.05, 4.69) is 20.6 Å². The highest BCUT2D eigenvalue weighted by atomic mass is 19.1. The fourth-order valence-electron chi connectivity index (χ4n) is 3.86. The summed E-state index contributed by atoms with van der Waals surface area (Å²) in [4.78, 5) is 25.1. The first kappa shape index (κ1) is 21.3. The lowest BCUT2D eigenvalue weighted by molar-refractivity contribution is 0.102. The summed E-state index contributed by atoms with van der Waals surface area (Å²) in [5.74, 6) is -0.889. The van der Waals surface area contributed by atoms with Gasteiger partial charge in [0.1, 0.15) is 5.82 Å². The van der Waals surface area contributed by atoms with E-state index in [-0.39, 0.29) is 11.3 Å². The number of hydrogen-bond donors (Lipinski definition) is 2. The van der Waals surface area contributed by atoms with E-state index in [1.165, 1.54) is 12.1 Å². The lowest BCUT2D eigenvalue weighted by atomic mass is 10.0. The van der Waals surface area contributed by atoms with Crippen LogP contribution in [0.5, 0.6) is 0 Å². The molecular formula is C26H20FN5O2. The zero-order chi connectivity index (χ0) is 23.8. The summed E-state index contributed by atoms with van der Waals surface area (Å²) in [6.45, 7) is 3.83. The Kier molecular flexibility index (Phi) is 5.25. The van der Waals surface area contributed by atoms with Crippen LogP contribution in [0.25, 0.3) is 39.1 Å². The van der Waals surface area contributed by atoms with Gasteiger partial charge >= 0.3 is 0 Å². The molecule has 0 bridgehead atoms. The quantitative estimate of drug-likeness (QED) is 0.391. The maximum atomic E-state index is 13.9. The predicted octanol–water partition coefficient (Wildman–Crippen LogP) is 5.21. The summed E-state index contributed by atoms with van der Waals surface area (Å²) >= 11 is 0. The largest absolute Gasteiger partial charge is 0.321 e. The van der Waals surface area contributed by atoms with Crippen molar-refractivity contribution in [1.82, 2.24) is 20.0 Å². The number of benzene rings is 3. The fourth-order valence-corrected chi connectivity index (χ4v) is 3.86. The first-order valence-corrected chi connectivity index (χ1v) is 10.6. The van der Waals surface area contributed by atoms with Gasteiger partial charge in [0.15, 0.2) is 5.69 Å². The van der Waals surface area contributed by atoms with Crippen LogP contribution in [-0.2, 0) is 0 Å². The molecule has 0 atom stereocenters. The summed E-state index contributed by atoms with van der Waals surface area (Å²) in [5, 5.41) is 15.7. The zero-order valence-electron chi connectivity index (χ0n) is 18.5. The molecule has 0 aliphatic carbocycles. The molecule has 0 unspecified atom stereocenters. The van der Waals surface area contributed by atoms with Crippen LogP contribution < -0.4 is 10.9 Å². The second-order valence-corrected chi connectivity index (χ2v) is 8.14. The molecule has 1 amide bonds. The van der Waals surface area contributed by atoms with Crippen molar-refractivity contribution < 1.29 is 9.18 Å². The number of carbonyl (C=O) groups is 1. The molecule has 2 heterocycles. The molecule has 5 rings (SSSR count). The summed E-state index contributed by atoms with van der Waals surface area (Å²) < 4.78 is 15.5. The van der Waals surface area contributed by atoms with E-state index in [0.29, 0.717) is 27.7 Å². The number of carbonyl (C=O) groups excluding carboxylic acids is 1. The van der Waals surface area contributed by atoms with Crippen LogP contribution in [0.15, 0.2) is 77.1 Å². The first-order valence-electron chi connectivity index (χ1n) is 10.6. The average Bonchev–Trinajstić information content (AvgIpc) is 3.17. The molecule has 0 spiro atoms. The zero-order valence-corrected chi connectivity index (χ0v) is 18.5. The summed E-state index contributed by atoms with van der Waals surface area (Å²) in [6.07, 6.45) is 1.79. The molecule has 0 radical (unpaired) electrons. The Labute approximate surface area is 193 Å². The second kappa shape index (κ2) is 8.40. The Balaban J connectivity index is 1.47. The minimum absolute atomic E-state index is 0.129. The molecule has 5 aromatic rings. The number of H-pyrrole nitrogens is 1. The normalized spacial score (nSPS) is 11.0. The molecule has 2 aromatic heterocycles. The van der Waals surface area contributed by atoms with Crippen molar-refractivity contribution in [3.8, 4) is 11.3 Å². The number of fused-ring (bicyclic) bond motifs is 2. The van der Waals surface area contributed by atoms with Crippen molar-refractivity contribution in [3.05, 3.63) is 94.2 Å². The standard InChI is InChI=1S/C26H20FN5O2/c1-15(2)14-32-22-12-9-17(27)13-21(22)24(31-32)26(34)28-18-10-7-16(8-11-18)23-19-5-3-4-6-20(19)25(33)30-29-23/h3-14H,1-2H3,(H,28,34)(H,30,33). The molecule has 0 aliphatic rings. The van der Waals surface area contributed by atoms with Crippen molar-refractivity contribution in [3.63, 3.8) is 0 Å². The van der Waals surface area contributed by atoms with Crippen molar-refractivity contribution in [2.75, 3.05) is 5.32 Å². The van der Waals surface area contributed by atoms with Crippen molar-refractivity contribution in [2.24, 2.45) is 0 Å².